The van der Waals surface area contributed by atoms with Gasteiger partial charge in [-0.3, -0.25) is 4.57 Å². The Kier molecular flexibility index (Phi) is 8.49. The van der Waals surface area contributed by atoms with Gasteiger partial charge in [-0.2, -0.15) is 4.98 Å². The summed E-state index contributed by atoms with van der Waals surface area (Å²) in [5.41, 5.74) is 15.3. The van der Waals surface area contributed by atoms with Crippen molar-refractivity contribution in [2.24, 2.45) is 0 Å². The molecule has 3 aromatic heterocycles. The summed E-state index contributed by atoms with van der Waals surface area (Å²) in [6, 6.07) is 77.2. The van der Waals surface area contributed by atoms with Gasteiger partial charge in [0.05, 0.1) is 12.1 Å². The van der Waals surface area contributed by atoms with E-state index in [2.05, 4.69) is 193 Å². The summed E-state index contributed by atoms with van der Waals surface area (Å²) in [4.78, 5) is 5.30. The van der Waals surface area contributed by atoms with Crippen LogP contribution in [0.25, 0.3) is 106 Å². The maximum Gasteiger partial charge on any atom is 0.234 e. The number of para-hydroxylation sites is 2. The average molecular weight is 795 g/mol. The molecule has 5 nitrogen and oxygen atoms in total. The zero-order valence-electron chi connectivity index (χ0n) is 33.7. The fourth-order valence-corrected chi connectivity index (χ4v) is 8.97. The van der Waals surface area contributed by atoms with Crippen LogP contribution >= 0.6 is 0 Å². The SMILES string of the molecule is c1ccc(-c2cc(-c3ccccc3)cc(-c3ccc(-c4ccc(Cn5nc(-c6ccccc6)nc5-n5c6ccccc6c6ccc7c8ccccc8oc7c65)cc4)cc3)c2)cc1. The molecule has 0 aliphatic carbocycles. The number of benzene rings is 9. The summed E-state index contributed by atoms with van der Waals surface area (Å²) in [5.74, 6) is 1.40. The van der Waals surface area contributed by atoms with E-state index in [1.165, 1.54) is 33.4 Å². The predicted octanol–water partition coefficient (Wildman–Crippen LogP) is 14.7. The molecule has 0 saturated carbocycles. The molecule has 0 spiro atoms. The van der Waals surface area contributed by atoms with Crippen molar-refractivity contribution in [3.8, 4) is 61.8 Å². The number of fused-ring (bicyclic) bond motifs is 7. The lowest BCUT2D eigenvalue weighted by atomic mass is 9.92. The van der Waals surface area contributed by atoms with E-state index >= 15 is 0 Å². The Labute approximate surface area is 358 Å². The van der Waals surface area contributed by atoms with Gasteiger partial charge < -0.3 is 4.42 Å². The van der Waals surface area contributed by atoms with Crippen LogP contribution in [-0.2, 0) is 6.54 Å². The van der Waals surface area contributed by atoms with Gasteiger partial charge in [-0.05, 0) is 86.5 Å². The number of furan rings is 1. The van der Waals surface area contributed by atoms with Crippen molar-refractivity contribution < 1.29 is 4.42 Å². The van der Waals surface area contributed by atoms with E-state index in [-0.39, 0.29) is 0 Å². The first kappa shape index (κ1) is 35.6. The monoisotopic (exact) mass is 794 g/mol. The molecular weight excluding hydrogens is 757 g/mol. The molecule has 0 fully saturated rings. The highest BCUT2D eigenvalue weighted by atomic mass is 16.3. The molecule has 5 heteroatoms. The van der Waals surface area contributed by atoms with Crippen molar-refractivity contribution in [1.82, 2.24) is 19.3 Å². The zero-order chi connectivity index (χ0) is 41.0. The van der Waals surface area contributed by atoms with Gasteiger partial charge in [-0.1, -0.05) is 182 Å². The zero-order valence-corrected chi connectivity index (χ0v) is 33.7. The Morgan fingerprint density at radius 3 is 1.50 bits per heavy atom. The van der Waals surface area contributed by atoms with Crippen LogP contribution in [0.5, 0.6) is 0 Å². The molecule has 0 amide bonds. The highest BCUT2D eigenvalue weighted by molar-refractivity contribution is 6.21. The summed E-state index contributed by atoms with van der Waals surface area (Å²) in [6.07, 6.45) is 0. The third kappa shape index (κ3) is 6.18. The Balaban J connectivity index is 0.913. The lowest BCUT2D eigenvalue weighted by molar-refractivity contribution is 0.659. The second-order valence-corrected chi connectivity index (χ2v) is 15.9. The van der Waals surface area contributed by atoms with Gasteiger partial charge in [0.1, 0.15) is 11.1 Å². The molecule has 0 bridgehead atoms. The molecule has 12 rings (SSSR count). The van der Waals surface area contributed by atoms with E-state index in [9.17, 15) is 0 Å². The van der Waals surface area contributed by atoms with Crippen LogP contribution in [0.4, 0.5) is 0 Å². The van der Waals surface area contributed by atoms with E-state index in [1.807, 2.05) is 35.0 Å². The fraction of sp³-hybridized carbons (Fsp3) is 0.0175. The number of hydrogen-bond acceptors (Lipinski definition) is 3. The molecule has 3 heterocycles. The molecule has 62 heavy (non-hydrogen) atoms. The van der Waals surface area contributed by atoms with Crippen LogP contribution in [0.2, 0.25) is 0 Å². The molecule has 9 aromatic carbocycles. The van der Waals surface area contributed by atoms with Gasteiger partial charge in [0.15, 0.2) is 11.4 Å². The molecule has 0 atom stereocenters. The normalized spacial score (nSPS) is 11.6. The Hall–Kier alpha value is -8.28. The van der Waals surface area contributed by atoms with Gasteiger partial charge in [0.25, 0.3) is 0 Å². The molecule has 0 aliphatic rings. The van der Waals surface area contributed by atoms with Crippen molar-refractivity contribution in [3.05, 3.63) is 224 Å². The topological polar surface area (TPSA) is 48.8 Å². The first-order valence-corrected chi connectivity index (χ1v) is 21.0. The molecule has 0 N–H and O–H groups in total. The van der Waals surface area contributed by atoms with Crippen molar-refractivity contribution in [2.75, 3.05) is 0 Å². The van der Waals surface area contributed by atoms with Crippen LogP contribution < -0.4 is 0 Å². The summed E-state index contributed by atoms with van der Waals surface area (Å²) < 4.78 is 10.9. The van der Waals surface area contributed by atoms with Gasteiger partial charge in [-0.25, -0.2) is 4.68 Å². The molecule has 12 aromatic rings. The van der Waals surface area contributed by atoms with E-state index in [0.717, 1.165) is 71.9 Å². The molecule has 0 unspecified atom stereocenters. The minimum absolute atomic E-state index is 0.528. The molecular formula is C57H38N4O. The average Bonchev–Trinajstić information content (AvgIpc) is 4.04. The Morgan fingerprint density at radius 1 is 0.387 bits per heavy atom. The first-order chi connectivity index (χ1) is 30.7. The summed E-state index contributed by atoms with van der Waals surface area (Å²) >= 11 is 0. The smallest absolute Gasteiger partial charge is 0.234 e. The Bertz CT molecular complexity index is 3510. The van der Waals surface area contributed by atoms with Crippen LogP contribution in [0.1, 0.15) is 5.56 Å². The van der Waals surface area contributed by atoms with E-state index in [4.69, 9.17) is 14.5 Å². The van der Waals surface area contributed by atoms with Crippen LogP contribution in [0.15, 0.2) is 223 Å². The van der Waals surface area contributed by atoms with Crippen molar-refractivity contribution in [2.45, 2.75) is 6.54 Å². The van der Waals surface area contributed by atoms with Crippen LogP contribution in [0.3, 0.4) is 0 Å². The largest absolute Gasteiger partial charge is 0.454 e. The number of nitrogens with zero attached hydrogens (tertiary/aromatic N) is 4. The standard InChI is InChI=1S/C57H38N4O/c1-4-14-39(15-5-1)45-34-46(40-16-6-2-7-17-40)36-47(35-45)43-30-28-42(29-31-43)41-26-24-38(25-27-41)37-60-57(58-56(59-60)44-18-8-3-9-19-44)61-52-22-12-10-20-48(52)50-32-33-51-49-21-11-13-23-53(49)62-55(51)54(50)61/h1-36H,37H2. The van der Waals surface area contributed by atoms with Crippen molar-refractivity contribution >= 4 is 43.7 Å². The van der Waals surface area contributed by atoms with Crippen LogP contribution in [0, 0.1) is 0 Å². The summed E-state index contributed by atoms with van der Waals surface area (Å²) in [6.45, 7) is 0.528. The quantitative estimate of drug-likeness (QED) is 0.154. The third-order valence-electron chi connectivity index (χ3n) is 12.0. The Morgan fingerprint density at radius 2 is 0.871 bits per heavy atom. The van der Waals surface area contributed by atoms with Crippen molar-refractivity contribution in [3.63, 3.8) is 0 Å². The second kappa shape index (κ2) is 14.8. The van der Waals surface area contributed by atoms with Crippen molar-refractivity contribution in [1.29, 1.82) is 0 Å². The molecule has 0 radical (unpaired) electrons. The second-order valence-electron chi connectivity index (χ2n) is 15.9. The van der Waals surface area contributed by atoms with E-state index < -0.39 is 0 Å². The van der Waals surface area contributed by atoms with E-state index in [0.29, 0.717) is 12.4 Å². The van der Waals surface area contributed by atoms with Gasteiger partial charge in [0, 0.05) is 27.1 Å². The first-order valence-electron chi connectivity index (χ1n) is 21.0. The lowest BCUT2D eigenvalue weighted by Gasteiger charge is -2.12. The van der Waals surface area contributed by atoms with Crippen LogP contribution in [-0.4, -0.2) is 19.3 Å². The maximum absolute atomic E-state index is 6.66. The molecule has 0 aliphatic heterocycles. The highest BCUT2D eigenvalue weighted by Crippen LogP contribution is 2.40. The van der Waals surface area contributed by atoms with Gasteiger partial charge in [0.2, 0.25) is 5.95 Å². The predicted molar refractivity (Wildman–Crippen MR) is 254 cm³/mol. The fourth-order valence-electron chi connectivity index (χ4n) is 8.97. The van der Waals surface area contributed by atoms with Gasteiger partial charge >= 0.3 is 0 Å². The third-order valence-corrected chi connectivity index (χ3v) is 12.0. The number of aromatic nitrogens is 4. The van der Waals surface area contributed by atoms with Gasteiger partial charge in [-0.15, -0.1) is 5.10 Å². The summed E-state index contributed by atoms with van der Waals surface area (Å²) in [5, 5.41) is 9.61. The maximum atomic E-state index is 6.66. The van der Waals surface area contributed by atoms with E-state index in [1.54, 1.807) is 0 Å². The minimum atomic E-state index is 0.528. The number of hydrogen-bond donors (Lipinski definition) is 0. The number of rotatable bonds is 8. The highest BCUT2D eigenvalue weighted by Gasteiger charge is 2.23. The summed E-state index contributed by atoms with van der Waals surface area (Å²) in [7, 11) is 0. The minimum Gasteiger partial charge on any atom is -0.454 e. The molecule has 0 saturated heterocycles. The lowest BCUT2D eigenvalue weighted by Crippen LogP contribution is -2.09. The molecule has 292 valence electrons.